The molecule has 4 aromatic heterocycles. The van der Waals surface area contributed by atoms with Gasteiger partial charge in [0.05, 0.1) is 30.2 Å². The number of hydrogen-bond acceptors (Lipinski definition) is 7. The summed E-state index contributed by atoms with van der Waals surface area (Å²) in [4.78, 5) is 33.9. The number of methoxy groups -OCH3 is 1. The first-order valence-electron chi connectivity index (χ1n) is 14.2. The molecule has 0 unspecified atom stereocenters. The van der Waals surface area contributed by atoms with Gasteiger partial charge in [0.1, 0.15) is 29.7 Å². The van der Waals surface area contributed by atoms with Crippen LogP contribution in [0.15, 0.2) is 90.4 Å². The first-order chi connectivity index (χ1) is 22.3. The predicted octanol–water partition coefficient (Wildman–Crippen LogP) is 5.83. The highest BCUT2D eigenvalue weighted by atomic mass is 19.1. The second-order valence-electron chi connectivity index (χ2n) is 10.1. The van der Waals surface area contributed by atoms with Crippen LogP contribution in [0.25, 0.3) is 27.8 Å². The highest BCUT2D eigenvalue weighted by Gasteiger charge is 2.19. The number of anilines is 1. The summed E-state index contributed by atoms with van der Waals surface area (Å²) < 4.78 is 48.4. The topological polar surface area (TPSA) is 125 Å². The molecule has 0 fully saturated rings. The van der Waals surface area contributed by atoms with Crippen molar-refractivity contribution in [1.82, 2.24) is 24.3 Å². The lowest BCUT2D eigenvalue weighted by Gasteiger charge is -2.14. The van der Waals surface area contributed by atoms with Crippen molar-refractivity contribution in [3.63, 3.8) is 0 Å². The van der Waals surface area contributed by atoms with Crippen molar-refractivity contribution in [3.05, 3.63) is 113 Å². The maximum absolute atomic E-state index is 15.3. The Balaban J connectivity index is 1.21. The molecule has 0 aliphatic heterocycles. The Morgan fingerprint density at radius 2 is 1.87 bits per heavy atom. The fraction of sp³-hybridized carbons (Fsp3) is 0.152. The highest BCUT2D eigenvalue weighted by Crippen LogP contribution is 2.37. The Morgan fingerprint density at radius 3 is 2.63 bits per heavy atom. The molecule has 0 bridgehead atoms. The van der Waals surface area contributed by atoms with Gasteiger partial charge in [0.25, 0.3) is 5.56 Å². The fourth-order valence-electron chi connectivity index (χ4n) is 5.01. The molecule has 0 aliphatic carbocycles. The van der Waals surface area contributed by atoms with Crippen molar-refractivity contribution < 1.29 is 27.8 Å². The standard InChI is InChI=1S/C33H28F2N6O5/c1-3-45-27-11-13-41(23-7-4-21(34)5-8-23)33(43)24(27)15-30(42)39-22-6-9-28(26(35)14-22)46-29-10-12-36-32-31(29)25(17-37-32)20-16-38-40(18-20)19-44-2/h4-14,16-18H,3,15,19H2,1-2H3,(H,36,37)(H,39,42). The van der Waals surface area contributed by atoms with Crippen LogP contribution in [0.3, 0.4) is 0 Å². The molecule has 0 aliphatic rings. The molecule has 0 atom stereocenters. The number of pyridine rings is 2. The van der Waals surface area contributed by atoms with Crippen molar-refractivity contribution in [1.29, 1.82) is 0 Å². The maximum Gasteiger partial charge on any atom is 0.262 e. The molecule has 0 saturated carbocycles. The lowest BCUT2D eigenvalue weighted by Crippen LogP contribution is -2.26. The van der Waals surface area contributed by atoms with Gasteiger partial charge in [-0.1, -0.05) is 0 Å². The summed E-state index contributed by atoms with van der Waals surface area (Å²) in [5.41, 5.74) is 2.28. The summed E-state index contributed by atoms with van der Waals surface area (Å²) in [6.45, 7) is 2.31. The number of carbonyl (C=O) groups excluding carboxylic acids is 1. The minimum atomic E-state index is -0.721. The van der Waals surface area contributed by atoms with Crippen LogP contribution in [0, 0.1) is 11.6 Å². The number of carbonyl (C=O) groups is 1. The van der Waals surface area contributed by atoms with Crippen LogP contribution < -0.4 is 20.3 Å². The maximum atomic E-state index is 15.3. The number of aromatic amines is 1. The molecule has 6 rings (SSSR count). The van der Waals surface area contributed by atoms with E-state index in [-0.39, 0.29) is 42.5 Å². The van der Waals surface area contributed by atoms with Gasteiger partial charge >= 0.3 is 0 Å². The first kappa shape index (κ1) is 30.2. The zero-order chi connectivity index (χ0) is 32.2. The van der Waals surface area contributed by atoms with E-state index >= 15 is 4.39 Å². The number of halogens is 2. The summed E-state index contributed by atoms with van der Waals surface area (Å²) in [5.74, 6) is -1.19. The van der Waals surface area contributed by atoms with Gasteiger partial charge in [0.2, 0.25) is 5.91 Å². The van der Waals surface area contributed by atoms with Gasteiger partial charge in [-0.2, -0.15) is 5.10 Å². The smallest absolute Gasteiger partial charge is 0.262 e. The van der Waals surface area contributed by atoms with Gasteiger partial charge in [-0.05, 0) is 55.5 Å². The van der Waals surface area contributed by atoms with Gasteiger partial charge in [0, 0.05) is 60.5 Å². The number of nitrogens with zero attached hydrogens (tertiary/aromatic N) is 4. The van der Waals surface area contributed by atoms with Gasteiger partial charge in [-0.15, -0.1) is 0 Å². The second kappa shape index (κ2) is 13.0. The van der Waals surface area contributed by atoms with E-state index in [1.807, 2.05) is 6.20 Å². The van der Waals surface area contributed by atoms with E-state index < -0.39 is 23.1 Å². The Kier molecular flexibility index (Phi) is 8.57. The number of amides is 1. The minimum Gasteiger partial charge on any atom is -0.493 e. The van der Waals surface area contributed by atoms with Gasteiger partial charge in [0.15, 0.2) is 11.6 Å². The number of hydrogen-bond donors (Lipinski definition) is 2. The molecule has 4 heterocycles. The Hall–Kier alpha value is -5.82. The molecule has 46 heavy (non-hydrogen) atoms. The number of aromatic nitrogens is 5. The van der Waals surface area contributed by atoms with Crippen molar-refractivity contribution >= 4 is 22.6 Å². The van der Waals surface area contributed by atoms with Crippen LogP contribution in [-0.4, -0.2) is 43.9 Å². The molecule has 11 nitrogen and oxygen atoms in total. The zero-order valence-electron chi connectivity index (χ0n) is 24.8. The van der Waals surface area contributed by atoms with Crippen LogP contribution in [0.2, 0.25) is 0 Å². The predicted molar refractivity (Wildman–Crippen MR) is 166 cm³/mol. The number of nitrogens with one attached hydrogen (secondary N) is 2. The lowest BCUT2D eigenvalue weighted by atomic mass is 10.1. The molecule has 0 saturated heterocycles. The Bertz CT molecular complexity index is 2090. The summed E-state index contributed by atoms with van der Waals surface area (Å²) >= 11 is 0. The molecule has 1 amide bonds. The largest absolute Gasteiger partial charge is 0.493 e. The molecule has 13 heteroatoms. The summed E-state index contributed by atoms with van der Waals surface area (Å²) in [6.07, 6.45) is 7.96. The monoisotopic (exact) mass is 626 g/mol. The van der Waals surface area contributed by atoms with E-state index in [1.54, 1.807) is 49.4 Å². The second-order valence-corrected chi connectivity index (χ2v) is 10.1. The van der Waals surface area contributed by atoms with Gasteiger partial charge in [-0.3, -0.25) is 14.2 Å². The van der Waals surface area contributed by atoms with E-state index in [1.165, 1.54) is 47.2 Å². The number of H-pyrrole nitrogens is 1. The number of ether oxygens (including phenoxy) is 3. The van der Waals surface area contributed by atoms with Crippen LogP contribution in [-0.2, 0) is 22.7 Å². The molecule has 234 valence electrons. The Labute approximate surface area is 261 Å². The summed E-state index contributed by atoms with van der Waals surface area (Å²) in [7, 11) is 1.57. The quantitative estimate of drug-likeness (QED) is 0.185. The third-order valence-electron chi connectivity index (χ3n) is 7.07. The Morgan fingerprint density at radius 1 is 1.04 bits per heavy atom. The molecular weight excluding hydrogens is 598 g/mol. The van der Waals surface area contributed by atoms with E-state index in [4.69, 9.17) is 14.2 Å². The van der Waals surface area contributed by atoms with Crippen LogP contribution in [0.4, 0.5) is 14.5 Å². The molecule has 2 N–H and O–H groups in total. The van der Waals surface area contributed by atoms with Crippen LogP contribution >= 0.6 is 0 Å². The third-order valence-corrected chi connectivity index (χ3v) is 7.07. The average molecular weight is 627 g/mol. The van der Waals surface area contributed by atoms with E-state index in [2.05, 4.69) is 20.4 Å². The van der Waals surface area contributed by atoms with Crippen molar-refractivity contribution in [2.45, 2.75) is 20.1 Å². The minimum absolute atomic E-state index is 0.0726. The molecule has 6 aromatic rings. The molecule has 0 radical (unpaired) electrons. The lowest BCUT2D eigenvalue weighted by molar-refractivity contribution is -0.115. The average Bonchev–Trinajstić information content (AvgIpc) is 3.69. The van der Waals surface area contributed by atoms with Crippen LogP contribution in [0.5, 0.6) is 17.2 Å². The number of benzene rings is 2. The molecular formula is C33H28F2N6O5. The molecule has 2 aromatic carbocycles. The summed E-state index contributed by atoms with van der Waals surface area (Å²) in [5, 5.41) is 7.55. The summed E-state index contributed by atoms with van der Waals surface area (Å²) in [6, 6.07) is 12.6. The SMILES string of the molecule is CCOc1ccn(-c2ccc(F)cc2)c(=O)c1CC(=O)Nc1ccc(Oc2ccnc3[nH]cc(-c4cnn(COC)c4)c23)c(F)c1. The first-order valence-corrected chi connectivity index (χ1v) is 14.2. The molecule has 0 spiro atoms. The van der Waals surface area contributed by atoms with E-state index in [0.717, 1.165) is 17.2 Å². The normalized spacial score (nSPS) is 11.1. The fourth-order valence-corrected chi connectivity index (χ4v) is 5.01. The van der Waals surface area contributed by atoms with Gasteiger partial charge in [-0.25, -0.2) is 18.4 Å². The van der Waals surface area contributed by atoms with Crippen molar-refractivity contribution in [2.75, 3.05) is 19.0 Å². The zero-order valence-corrected chi connectivity index (χ0v) is 24.8. The third kappa shape index (κ3) is 6.21. The van der Waals surface area contributed by atoms with E-state index in [9.17, 15) is 14.0 Å². The number of rotatable bonds is 11. The van der Waals surface area contributed by atoms with Crippen molar-refractivity contribution in [2.24, 2.45) is 0 Å². The highest BCUT2D eigenvalue weighted by molar-refractivity contribution is 5.98. The number of fused-ring (bicyclic) bond motifs is 1. The van der Waals surface area contributed by atoms with Crippen LogP contribution in [0.1, 0.15) is 12.5 Å². The van der Waals surface area contributed by atoms with E-state index in [0.29, 0.717) is 22.5 Å². The van der Waals surface area contributed by atoms with Crippen molar-refractivity contribution in [3.8, 4) is 34.1 Å². The van der Waals surface area contributed by atoms with Gasteiger partial charge < -0.3 is 24.5 Å².